The summed E-state index contributed by atoms with van der Waals surface area (Å²) in [5.74, 6) is 0.879. The van der Waals surface area contributed by atoms with E-state index in [9.17, 15) is 4.79 Å². The Balaban J connectivity index is 1.46. The largest absolute Gasteiger partial charge is 0.494 e. The molecule has 4 aromatic rings. The van der Waals surface area contributed by atoms with Crippen LogP contribution in [0.15, 0.2) is 71.1 Å². The third kappa shape index (κ3) is 4.40. The first kappa shape index (κ1) is 19.4. The molecule has 0 spiro atoms. The molecule has 0 aliphatic carbocycles. The zero-order valence-corrected chi connectivity index (χ0v) is 17.3. The van der Waals surface area contributed by atoms with Crippen molar-refractivity contribution in [2.24, 2.45) is 0 Å². The van der Waals surface area contributed by atoms with Gasteiger partial charge in [-0.15, -0.1) is 11.3 Å². The van der Waals surface area contributed by atoms with E-state index in [1.165, 1.54) is 16.9 Å². The molecule has 0 amide bonds. The van der Waals surface area contributed by atoms with E-state index >= 15 is 0 Å². The van der Waals surface area contributed by atoms with Crippen LogP contribution in [0.4, 0.5) is 0 Å². The van der Waals surface area contributed by atoms with Gasteiger partial charge in [-0.1, -0.05) is 49.4 Å². The van der Waals surface area contributed by atoms with Gasteiger partial charge >= 0.3 is 0 Å². The molecule has 29 heavy (non-hydrogen) atoms. The summed E-state index contributed by atoms with van der Waals surface area (Å²) in [5, 5.41) is 2.76. The van der Waals surface area contributed by atoms with Crippen LogP contribution in [-0.4, -0.2) is 16.2 Å². The number of benzene rings is 2. The lowest BCUT2D eigenvalue weighted by molar-refractivity contribution is 0.303. The van der Waals surface area contributed by atoms with Crippen molar-refractivity contribution in [3.05, 3.63) is 82.2 Å². The maximum Gasteiger partial charge on any atom is 0.262 e. The topological polar surface area (TPSA) is 44.1 Å². The minimum Gasteiger partial charge on any atom is -0.494 e. The van der Waals surface area contributed by atoms with Gasteiger partial charge in [0.1, 0.15) is 10.6 Å². The monoisotopic (exact) mass is 404 g/mol. The summed E-state index contributed by atoms with van der Waals surface area (Å²) in [6.07, 6.45) is 4.43. The number of fused-ring (bicyclic) bond motifs is 1. The van der Waals surface area contributed by atoms with E-state index < -0.39 is 0 Å². The average Bonchev–Trinajstić information content (AvgIpc) is 3.21. The second kappa shape index (κ2) is 9.05. The first-order valence-electron chi connectivity index (χ1n) is 10.00. The van der Waals surface area contributed by atoms with Crippen molar-refractivity contribution in [1.29, 1.82) is 0 Å². The standard InChI is InChI=1S/C24H24N2O2S/c1-2-18-10-12-19(13-11-18)21-16-29-23-22(21)24(27)26(17-25-23)14-6-7-15-28-20-8-4-3-5-9-20/h3-5,8-13,16-17H,2,6-7,14-15H2,1H3. The number of aryl methyl sites for hydroxylation is 2. The van der Waals surface area contributed by atoms with Gasteiger partial charge in [-0.05, 0) is 42.5 Å². The third-order valence-corrected chi connectivity index (χ3v) is 5.93. The highest BCUT2D eigenvalue weighted by atomic mass is 32.1. The first-order chi connectivity index (χ1) is 14.3. The third-order valence-electron chi connectivity index (χ3n) is 5.04. The summed E-state index contributed by atoms with van der Waals surface area (Å²) in [4.78, 5) is 18.4. The minimum absolute atomic E-state index is 0.0368. The molecular weight excluding hydrogens is 380 g/mol. The van der Waals surface area contributed by atoms with Crippen LogP contribution in [0, 0.1) is 0 Å². The summed E-state index contributed by atoms with van der Waals surface area (Å²) in [5.41, 5.74) is 3.38. The van der Waals surface area contributed by atoms with Crippen molar-refractivity contribution >= 4 is 21.6 Å². The smallest absolute Gasteiger partial charge is 0.262 e. The number of para-hydroxylation sites is 1. The van der Waals surface area contributed by atoms with Crippen LogP contribution in [0.1, 0.15) is 25.3 Å². The van der Waals surface area contributed by atoms with Gasteiger partial charge in [0, 0.05) is 17.5 Å². The Labute approximate surface area is 174 Å². The lowest BCUT2D eigenvalue weighted by atomic mass is 10.0. The molecule has 2 heterocycles. The van der Waals surface area contributed by atoms with Gasteiger partial charge in [0.05, 0.1) is 18.3 Å². The van der Waals surface area contributed by atoms with Crippen LogP contribution in [0.2, 0.25) is 0 Å². The number of aromatic nitrogens is 2. The van der Waals surface area contributed by atoms with Gasteiger partial charge in [-0.25, -0.2) is 4.98 Å². The lowest BCUT2D eigenvalue weighted by Crippen LogP contribution is -2.20. The number of nitrogens with zero attached hydrogens (tertiary/aromatic N) is 2. The molecule has 2 aromatic carbocycles. The second-order valence-corrected chi connectivity index (χ2v) is 7.85. The van der Waals surface area contributed by atoms with Gasteiger partial charge in [0.15, 0.2) is 0 Å². The van der Waals surface area contributed by atoms with Crippen molar-refractivity contribution in [3.8, 4) is 16.9 Å². The molecule has 0 radical (unpaired) electrons. The van der Waals surface area contributed by atoms with Crippen LogP contribution in [0.5, 0.6) is 5.75 Å². The SMILES string of the molecule is CCc1ccc(-c2csc3ncn(CCCCOc4ccccc4)c(=O)c23)cc1. The van der Waals surface area contributed by atoms with Gasteiger partial charge < -0.3 is 4.74 Å². The molecule has 0 aliphatic rings. The number of hydrogen-bond acceptors (Lipinski definition) is 4. The fraction of sp³-hybridized carbons (Fsp3) is 0.250. The number of ether oxygens (including phenoxy) is 1. The Morgan fingerprint density at radius 3 is 2.59 bits per heavy atom. The normalized spacial score (nSPS) is 11.1. The maximum atomic E-state index is 13.1. The Morgan fingerprint density at radius 2 is 1.83 bits per heavy atom. The second-order valence-electron chi connectivity index (χ2n) is 6.99. The Kier molecular flexibility index (Phi) is 6.06. The van der Waals surface area contributed by atoms with E-state index in [0.29, 0.717) is 13.2 Å². The van der Waals surface area contributed by atoms with Crippen molar-refractivity contribution in [1.82, 2.24) is 9.55 Å². The lowest BCUT2D eigenvalue weighted by Gasteiger charge is -2.08. The highest BCUT2D eigenvalue weighted by Crippen LogP contribution is 2.30. The summed E-state index contributed by atoms with van der Waals surface area (Å²) in [7, 11) is 0. The van der Waals surface area contributed by atoms with Gasteiger partial charge in [0.25, 0.3) is 5.56 Å². The number of thiophene rings is 1. The highest BCUT2D eigenvalue weighted by Gasteiger charge is 2.13. The van der Waals surface area contributed by atoms with Gasteiger partial charge in [-0.2, -0.15) is 0 Å². The zero-order chi connectivity index (χ0) is 20.1. The zero-order valence-electron chi connectivity index (χ0n) is 16.5. The summed E-state index contributed by atoms with van der Waals surface area (Å²) < 4.78 is 7.45. The maximum absolute atomic E-state index is 13.1. The number of hydrogen-bond donors (Lipinski definition) is 0. The predicted molar refractivity (Wildman–Crippen MR) is 120 cm³/mol. The van der Waals surface area contributed by atoms with Crippen molar-refractivity contribution in [2.75, 3.05) is 6.61 Å². The summed E-state index contributed by atoms with van der Waals surface area (Å²) in [6.45, 7) is 3.42. The van der Waals surface area contributed by atoms with Crippen molar-refractivity contribution < 1.29 is 4.74 Å². The molecule has 0 fully saturated rings. The molecule has 2 aromatic heterocycles. The molecule has 4 rings (SSSR count). The fourth-order valence-corrected chi connectivity index (χ4v) is 4.26. The molecule has 0 saturated heterocycles. The Bertz CT molecular complexity index is 1130. The minimum atomic E-state index is 0.0368. The molecule has 0 unspecified atom stereocenters. The summed E-state index contributed by atoms with van der Waals surface area (Å²) >= 11 is 1.53. The van der Waals surface area contributed by atoms with Crippen molar-refractivity contribution in [3.63, 3.8) is 0 Å². The quantitative estimate of drug-likeness (QED) is 0.362. The Hall–Kier alpha value is -2.92. The van der Waals surface area contributed by atoms with Crippen LogP contribution in [0.25, 0.3) is 21.3 Å². The molecule has 5 heteroatoms. The van der Waals surface area contributed by atoms with E-state index in [1.54, 1.807) is 10.9 Å². The van der Waals surface area contributed by atoms with E-state index in [1.807, 2.05) is 35.7 Å². The number of unbranched alkanes of at least 4 members (excludes halogenated alkanes) is 1. The molecule has 0 aliphatic heterocycles. The van der Waals surface area contributed by atoms with Crippen LogP contribution in [-0.2, 0) is 13.0 Å². The Morgan fingerprint density at radius 1 is 1.03 bits per heavy atom. The molecule has 148 valence electrons. The van der Waals surface area contributed by atoms with Crippen molar-refractivity contribution in [2.45, 2.75) is 32.7 Å². The van der Waals surface area contributed by atoms with E-state index in [0.717, 1.165) is 46.4 Å². The van der Waals surface area contributed by atoms with E-state index in [4.69, 9.17) is 4.74 Å². The highest BCUT2D eigenvalue weighted by molar-refractivity contribution is 7.17. The molecule has 0 bridgehead atoms. The van der Waals surface area contributed by atoms with Gasteiger partial charge in [0.2, 0.25) is 0 Å². The molecule has 0 saturated carbocycles. The van der Waals surface area contributed by atoms with Crippen LogP contribution >= 0.6 is 11.3 Å². The van der Waals surface area contributed by atoms with Crippen LogP contribution in [0.3, 0.4) is 0 Å². The fourth-order valence-electron chi connectivity index (χ4n) is 3.35. The van der Waals surface area contributed by atoms with Crippen LogP contribution < -0.4 is 10.3 Å². The van der Waals surface area contributed by atoms with E-state index in [2.05, 4.69) is 36.2 Å². The van der Waals surface area contributed by atoms with Gasteiger partial charge in [-0.3, -0.25) is 9.36 Å². The van der Waals surface area contributed by atoms with E-state index in [-0.39, 0.29) is 5.56 Å². The number of rotatable bonds is 8. The first-order valence-corrected chi connectivity index (χ1v) is 10.9. The summed E-state index contributed by atoms with van der Waals surface area (Å²) in [6, 6.07) is 18.2. The molecular formula is C24H24N2O2S. The molecule has 4 nitrogen and oxygen atoms in total. The molecule has 0 N–H and O–H groups in total. The predicted octanol–water partition coefficient (Wildman–Crippen LogP) is 5.55. The average molecular weight is 405 g/mol. The molecule has 0 atom stereocenters.